The molecule has 1 amide bonds. The van der Waals surface area contributed by atoms with Gasteiger partial charge in [-0.15, -0.1) is 0 Å². The zero-order chi connectivity index (χ0) is 20.3. The monoisotopic (exact) mass is 401 g/mol. The summed E-state index contributed by atoms with van der Waals surface area (Å²) in [5.74, 6) is -0.559. The molecule has 0 atom stereocenters. The first-order valence-corrected chi connectivity index (χ1v) is 8.83. The number of amides is 1. The van der Waals surface area contributed by atoms with Gasteiger partial charge in [0.15, 0.2) is 4.80 Å². The molecule has 1 aromatic heterocycles. The Morgan fingerprint density at radius 3 is 2.50 bits per heavy atom. The molecule has 0 bridgehead atoms. The second-order valence-corrected chi connectivity index (χ2v) is 6.58. The van der Waals surface area contributed by atoms with Gasteiger partial charge in [-0.05, 0) is 24.3 Å². The molecule has 0 aliphatic carbocycles. The molecule has 1 heterocycles. The predicted molar refractivity (Wildman–Crippen MR) is 101 cm³/mol. The number of hydrogen-bond acceptors (Lipinski definition) is 7. The second-order valence-electron chi connectivity index (χ2n) is 5.57. The molecule has 28 heavy (non-hydrogen) atoms. The minimum absolute atomic E-state index is 0.121. The van der Waals surface area contributed by atoms with E-state index in [1.54, 1.807) is 16.7 Å². The Balaban J connectivity index is 2.12. The molecule has 0 unspecified atom stereocenters. The molecule has 9 nitrogen and oxygen atoms in total. The molecule has 0 aliphatic heterocycles. The predicted octanol–water partition coefficient (Wildman–Crippen LogP) is 2.53. The third kappa shape index (κ3) is 3.76. The van der Waals surface area contributed by atoms with Crippen molar-refractivity contribution >= 4 is 39.1 Å². The molecule has 0 fully saturated rings. The van der Waals surface area contributed by atoms with E-state index >= 15 is 0 Å². The third-order valence-corrected chi connectivity index (χ3v) is 4.96. The molecule has 2 aromatic carbocycles. The quantitative estimate of drug-likeness (QED) is 0.369. The van der Waals surface area contributed by atoms with Gasteiger partial charge < -0.3 is 14.0 Å². The lowest BCUT2D eigenvalue weighted by molar-refractivity contribution is -0.384. The highest BCUT2D eigenvalue weighted by molar-refractivity contribution is 7.16. The molecular weight excluding hydrogens is 386 g/mol. The van der Waals surface area contributed by atoms with E-state index in [0.29, 0.717) is 11.3 Å². The zero-order valence-corrected chi connectivity index (χ0v) is 15.8. The van der Waals surface area contributed by atoms with Gasteiger partial charge in [-0.25, -0.2) is 0 Å². The van der Waals surface area contributed by atoms with Crippen LogP contribution < -0.4 is 9.54 Å². The van der Waals surface area contributed by atoms with Crippen molar-refractivity contribution in [2.75, 3.05) is 14.2 Å². The van der Waals surface area contributed by atoms with Crippen LogP contribution in [0.2, 0.25) is 0 Å². The first-order valence-electron chi connectivity index (χ1n) is 8.01. The van der Waals surface area contributed by atoms with E-state index in [9.17, 15) is 19.7 Å². The summed E-state index contributed by atoms with van der Waals surface area (Å²) in [6, 6.07) is 10.5. The number of non-ortho nitro benzene ring substituents is 1. The van der Waals surface area contributed by atoms with Gasteiger partial charge in [-0.1, -0.05) is 17.4 Å². The number of thiazole rings is 1. The molecule has 0 N–H and O–H groups in total. The number of nitro groups is 1. The van der Waals surface area contributed by atoms with E-state index in [4.69, 9.17) is 9.47 Å². The highest BCUT2D eigenvalue weighted by Crippen LogP contribution is 2.27. The Morgan fingerprint density at radius 2 is 1.89 bits per heavy atom. The molecule has 3 aromatic rings. The van der Waals surface area contributed by atoms with Crippen LogP contribution in [0.3, 0.4) is 0 Å². The topological polar surface area (TPSA) is 113 Å². The SMILES string of the molecule is COC(=O)Cn1c(=NC(=O)c2ccc([N+](=O)[O-])cc2)sc2cccc(OC)c21. The number of hydrogen-bond donors (Lipinski definition) is 0. The van der Waals surface area contributed by atoms with Crippen LogP contribution >= 0.6 is 11.3 Å². The first-order chi connectivity index (χ1) is 13.4. The minimum Gasteiger partial charge on any atom is -0.495 e. The van der Waals surface area contributed by atoms with Crippen LogP contribution in [-0.2, 0) is 16.1 Å². The maximum Gasteiger partial charge on any atom is 0.325 e. The van der Waals surface area contributed by atoms with Crippen molar-refractivity contribution in [1.82, 2.24) is 4.57 Å². The standard InChI is InChI=1S/C18H15N3O6S/c1-26-13-4-3-5-14-16(13)20(10-15(22)27-2)18(28-14)19-17(23)11-6-8-12(9-7-11)21(24)25/h3-9H,10H2,1-2H3. The first kappa shape index (κ1) is 19.2. The second kappa shape index (κ2) is 8.01. The van der Waals surface area contributed by atoms with Gasteiger partial charge in [0, 0.05) is 17.7 Å². The Hall–Kier alpha value is -3.53. The van der Waals surface area contributed by atoms with Crippen molar-refractivity contribution < 1.29 is 24.0 Å². The number of fused-ring (bicyclic) bond motifs is 1. The average molecular weight is 401 g/mol. The molecule has 10 heteroatoms. The fraction of sp³-hybridized carbons (Fsp3) is 0.167. The third-order valence-electron chi connectivity index (χ3n) is 3.92. The number of methoxy groups -OCH3 is 2. The summed E-state index contributed by atoms with van der Waals surface area (Å²) >= 11 is 1.22. The summed E-state index contributed by atoms with van der Waals surface area (Å²) in [4.78, 5) is 39.0. The number of rotatable bonds is 5. The maximum atomic E-state index is 12.5. The van der Waals surface area contributed by atoms with Crippen LogP contribution in [0.25, 0.3) is 10.2 Å². The van der Waals surface area contributed by atoms with E-state index in [1.807, 2.05) is 6.07 Å². The summed E-state index contributed by atoms with van der Waals surface area (Å²) in [5, 5.41) is 10.7. The number of nitrogens with zero attached hydrogens (tertiary/aromatic N) is 3. The van der Waals surface area contributed by atoms with Crippen molar-refractivity contribution in [3.63, 3.8) is 0 Å². The van der Waals surface area contributed by atoms with Crippen molar-refractivity contribution in [3.8, 4) is 5.75 Å². The fourth-order valence-electron chi connectivity index (χ4n) is 2.57. The Labute approximate surface area is 162 Å². The van der Waals surface area contributed by atoms with Crippen LogP contribution in [0.5, 0.6) is 5.75 Å². The Morgan fingerprint density at radius 1 is 1.18 bits per heavy atom. The summed E-state index contributed by atoms with van der Waals surface area (Å²) < 4.78 is 12.4. The van der Waals surface area contributed by atoms with Crippen LogP contribution in [0.1, 0.15) is 10.4 Å². The van der Waals surface area contributed by atoms with Crippen LogP contribution in [0.15, 0.2) is 47.5 Å². The highest BCUT2D eigenvalue weighted by Gasteiger charge is 2.16. The van der Waals surface area contributed by atoms with Crippen molar-refractivity contribution in [1.29, 1.82) is 0 Å². The lowest BCUT2D eigenvalue weighted by Gasteiger charge is -2.07. The highest BCUT2D eigenvalue weighted by atomic mass is 32.1. The van der Waals surface area contributed by atoms with Gasteiger partial charge in [0.2, 0.25) is 0 Å². The van der Waals surface area contributed by atoms with E-state index < -0.39 is 16.8 Å². The molecule has 0 saturated carbocycles. The van der Waals surface area contributed by atoms with Gasteiger partial charge in [0.1, 0.15) is 17.8 Å². The number of aromatic nitrogens is 1. The Bertz CT molecular complexity index is 1130. The number of benzene rings is 2. The number of ether oxygens (including phenoxy) is 2. The van der Waals surface area contributed by atoms with E-state index in [0.717, 1.165) is 4.70 Å². The number of nitro benzene ring substituents is 1. The van der Waals surface area contributed by atoms with Crippen molar-refractivity contribution in [2.45, 2.75) is 6.54 Å². The van der Waals surface area contributed by atoms with Gasteiger partial charge in [0.05, 0.1) is 23.8 Å². The van der Waals surface area contributed by atoms with Gasteiger partial charge in [0.25, 0.3) is 11.6 Å². The summed E-state index contributed by atoms with van der Waals surface area (Å²) in [5.41, 5.74) is 0.694. The van der Waals surface area contributed by atoms with Crippen LogP contribution in [0.4, 0.5) is 5.69 Å². The fourth-order valence-corrected chi connectivity index (χ4v) is 3.61. The number of esters is 1. The summed E-state index contributed by atoms with van der Waals surface area (Å²) in [7, 11) is 2.78. The molecule has 0 radical (unpaired) electrons. The summed E-state index contributed by atoms with van der Waals surface area (Å²) in [6.45, 7) is -0.150. The molecule has 144 valence electrons. The summed E-state index contributed by atoms with van der Waals surface area (Å²) in [6.07, 6.45) is 0. The van der Waals surface area contributed by atoms with Crippen molar-refractivity contribution in [3.05, 3.63) is 62.9 Å². The lowest BCUT2D eigenvalue weighted by Crippen LogP contribution is -2.22. The van der Waals surface area contributed by atoms with Crippen LogP contribution in [-0.4, -0.2) is 35.6 Å². The maximum absolute atomic E-state index is 12.5. The Kier molecular flexibility index (Phi) is 5.50. The van der Waals surface area contributed by atoms with Gasteiger partial charge >= 0.3 is 5.97 Å². The smallest absolute Gasteiger partial charge is 0.325 e. The average Bonchev–Trinajstić information content (AvgIpc) is 3.04. The van der Waals surface area contributed by atoms with Gasteiger partial charge in [-0.3, -0.25) is 19.7 Å². The van der Waals surface area contributed by atoms with Gasteiger partial charge in [-0.2, -0.15) is 4.99 Å². The van der Waals surface area contributed by atoms with E-state index in [1.165, 1.54) is 49.8 Å². The molecular formula is C18H15N3O6S. The van der Waals surface area contributed by atoms with Crippen molar-refractivity contribution in [2.24, 2.45) is 4.99 Å². The molecule has 0 aliphatic rings. The largest absolute Gasteiger partial charge is 0.495 e. The van der Waals surface area contributed by atoms with E-state index in [2.05, 4.69) is 4.99 Å². The lowest BCUT2D eigenvalue weighted by atomic mass is 10.2. The van der Waals surface area contributed by atoms with Crippen LogP contribution in [0, 0.1) is 10.1 Å². The molecule has 3 rings (SSSR count). The molecule has 0 saturated heterocycles. The number of carbonyl (C=O) groups excluding carboxylic acids is 2. The zero-order valence-electron chi connectivity index (χ0n) is 14.9. The normalized spacial score (nSPS) is 11.4. The number of carbonyl (C=O) groups is 2. The number of para-hydroxylation sites is 1. The molecule has 0 spiro atoms. The minimum atomic E-state index is -0.584. The van der Waals surface area contributed by atoms with E-state index in [-0.39, 0.29) is 22.6 Å².